The van der Waals surface area contributed by atoms with Crippen molar-refractivity contribution in [2.75, 3.05) is 19.7 Å². The van der Waals surface area contributed by atoms with Gasteiger partial charge in [-0.3, -0.25) is 0 Å². The standard InChI is InChI=1S/C22H21Cl2F4N3O/c23-16-9-14(19-18(10-16)20(24)31(30-19)12-22(26,27)28)11-32-13-21(5-7-29-8-6-21)15-1-3-17(25)4-2-15/h1-4,9-10,29H,5-8,11-13H2. The number of fused-ring (bicyclic) bond motifs is 1. The Bertz CT molecular complexity index is 1090. The van der Waals surface area contributed by atoms with Gasteiger partial charge < -0.3 is 10.1 Å². The summed E-state index contributed by atoms with van der Waals surface area (Å²) in [7, 11) is 0. The molecule has 172 valence electrons. The van der Waals surface area contributed by atoms with Crippen molar-refractivity contribution in [3.8, 4) is 0 Å². The van der Waals surface area contributed by atoms with E-state index in [4.69, 9.17) is 27.9 Å². The van der Waals surface area contributed by atoms with E-state index in [1.54, 1.807) is 18.2 Å². The lowest BCUT2D eigenvalue weighted by Gasteiger charge is -2.38. The van der Waals surface area contributed by atoms with Gasteiger partial charge in [0.2, 0.25) is 0 Å². The minimum atomic E-state index is -4.46. The van der Waals surface area contributed by atoms with Gasteiger partial charge in [-0.1, -0.05) is 35.3 Å². The van der Waals surface area contributed by atoms with Crippen LogP contribution in [0.5, 0.6) is 0 Å². The zero-order valence-electron chi connectivity index (χ0n) is 17.0. The molecule has 0 radical (unpaired) electrons. The number of rotatable bonds is 6. The van der Waals surface area contributed by atoms with Gasteiger partial charge in [-0.25, -0.2) is 9.07 Å². The molecule has 4 rings (SSSR count). The Morgan fingerprint density at radius 2 is 1.78 bits per heavy atom. The van der Waals surface area contributed by atoms with Gasteiger partial charge in [0, 0.05) is 21.4 Å². The summed E-state index contributed by atoms with van der Waals surface area (Å²) in [5, 5.41) is 7.94. The number of halogens is 6. The summed E-state index contributed by atoms with van der Waals surface area (Å²) in [5.74, 6) is -0.300. The summed E-state index contributed by atoms with van der Waals surface area (Å²) in [6, 6.07) is 9.55. The number of nitrogens with zero attached hydrogens (tertiary/aromatic N) is 2. The van der Waals surface area contributed by atoms with Crippen LogP contribution >= 0.6 is 23.2 Å². The first kappa shape index (κ1) is 23.3. The summed E-state index contributed by atoms with van der Waals surface area (Å²) >= 11 is 12.3. The molecule has 0 amide bonds. The fourth-order valence-electron chi connectivity index (χ4n) is 4.20. The van der Waals surface area contributed by atoms with E-state index in [0.717, 1.165) is 36.2 Å². The van der Waals surface area contributed by atoms with Crippen molar-refractivity contribution in [3.05, 3.63) is 63.5 Å². The Labute approximate surface area is 192 Å². The molecule has 1 aliphatic heterocycles. The van der Waals surface area contributed by atoms with E-state index in [0.29, 0.717) is 28.1 Å². The SMILES string of the molecule is Fc1ccc(C2(COCc3cc(Cl)cc4c(Cl)n(CC(F)(F)F)nc34)CCNCC2)cc1. The first-order valence-corrected chi connectivity index (χ1v) is 10.9. The highest BCUT2D eigenvalue weighted by molar-refractivity contribution is 6.36. The number of aromatic nitrogens is 2. The van der Waals surface area contributed by atoms with Gasteiger partial charge in [0.15, 0.2) is 0 Å². The fraction of sp³-hybridized carbons (Fsp3) is 0.409. The highest BCUT2D eigenvalue weighted by atomic mass is 35.5. The molecule has 0 bridgehead atoms. The molecule has 1 saturated heterocycles. The van der Waals surface area contributed by atoms with Crippen LogP contribution in [0, 0.1) is 5.82 Å². The molecule has 2 heterocycles. The van der Waals surface area contributed by atoms with E-state index < -0.39 is 12.7 Å². The van der Waals surface area contributed by atoms with Crippen molar-refractivity contribution >= 4 is 34.1 Å². The van der Waals surface area contributed by atoms with E-state index in [2.05, 4.69) is 10.4 Å². The van der Waals surface area contributed by atoms with Gasteiger partial charge in [-0.15, -0.1) is 0 Å². The second kappa shape index (κ2) is 9.17. The van der Waals surface area contributed by atoms with Crippen molar-refractivity contribution in [1.82, 2.24) is 15.1 Å². The average molecular weight is 490 g/mol. The molecular weight excluding hydrogens is 469 g/mol. The van der Waals surface area contributed by atoms with Crippen molar-refractivity contribution in [3.63, 3.8) is 0 Å². The number of piperidine rings is 1. The maximum Gasteiger partial charge on any atom is 0.408 e. The summed E-state index contributed by atoms with van der Waals surface area (Å²) in [6.45, 7) is 0.788. The zero-order chi connectivity index (χ0) is 22.9. The topological polar surface area (TPSA) is 39.1 Å². The summed E-state index contributed by atoms with van der Waals surface area (Å²) in [6.07, 6.45) is -2.83. The van der Waals surface area contributed by atoms with Crippen LogP contribution in [-0.2, 0) is 23.3 Å². The van der Waals surface area contributed by atoms with Gasteiger partial charge in [0.1, 0.15) is 17.5 Å². The zero-order valence-corrected chi connectivity index (χ0v) is 18.5. The second-order valence-corrected chi connectivity index (χ2v) is 8.85. The van der Waals surface area contributed by atoms with Crippen LogP contribution < -0.4 is 5.32 Å². The molecule has 2 aromatic carbocycles. The molecular formula is C22H21Cl2F4N3O. The maximum absolute atomic E-state index is 13.4. The lowest BCUT2D eigenvalue weighted by atomic mass is 9.74. The number of hydrogen-bond acceptors (Lipinski definition) is 3. The van der Waals surface area contributed by atoms with E-state index >= 15 is 0 Å². The summed E-state index contributed by atoms with van der Waals surface area (Å²) in [4.78, 5) is 0. The van der Waals surface area contributed by atoms with Crippen molar-refractivity contribution in [1.29, 1.82) is 0 Å². The first-order valence-electron chi connectivity index (χ1n) is 10.1. The molecule has 4 nitrogen and oxygen atoms in total. The maximum atomic E-state index is 13.4. The first-order chi connectivity index (χ1) is 15.2. The number of hydrogen-bond donors (Lipinski definition) is 1. The predicted octanol–water partition coefficient (Wildman–Crippen LogP) is 5.88. The van der Waals surface area contributed by atoms with Crippen molar-refractivity contribution in [2.45, 2.75) is 37.6 Å². The van der Waals surface area contributed by atoms with E-state index in [1.807, 2.05) is 0 Å². The normalized spacial score (nSPS) is 16.6. The van der Waals surface area contributed by atoms with Crippen LogP contribution in [0.3, 0.4) is 0 Å². The summed E-state index contributed by atoms with van der Waals surface area (Å²) in [5.41, 5.74) is 1.58. The fourth-order valence-corrected chi connectivity index (χ4v) is 4.68. The third-order valence-corrected chi connectivity index (χ3v) is 6.42. The molecule has 1 N–H and O–H groups in total. The monoisotopic (exact) mass is 489 g/mol. The number of benzene rings is 2. The third kappa shape index (κ3) is 5.03. The van der Waals surface area contributed by atoms with Crippen LogP contribution in [0.25, 0.3) is 10.9 Å². The van der Waals surface area contributed by atoms with E-state index in [9.17, 15) is 17.6 Å². The van der Waals surface area contributed by atoms with Gasteiger partial charge in [-0.05, 0) is 55.8 Å². The highest BCUT2D eigenvalue weighted by Gasteiger charge is 2.34. The molecule has 3 aromatic rings. The van der Waals surface area contributed by atoms with Crippen LogP contribution in [0.15, 0.2) is 36.4 Å². The highest BCUT2D eigenvalue weighted by Crippen LogP contribution is 2.35. The quantitative estimate of drug-likeness (QED) is 0.439. The molecule has 10 heteroatoms. The van der Waals surface area contributed by atoms with E-state index in [1.165, 1.54) is 18.2 Å². The van der Waals surface area contributed by atoms with Crippen LogP contribution in [0.1, 0.15) is 24.0 Å². The van der Waals surface area contributed by atoms with Crippen LogP contribution in [0.2, 0.25) is 10.2 Å². The van der Waals surface area contributed by atoms with Gasteiger partial charge in [-0.2, -0.15) is 18.3 Å². The molecule has 0 spiro atoms. The minimum Gasteiger partial charge on any atom is -0.376 e. The van der Waals surface area contributed by atoms with Gasteiger partial charge >= 0.3 is 6.18 Å². The Balaban J connectivity index is 1.57. The lowest BCUT2D eigenvalue weighted by Crippen LogP contribution is -2.43. The molecule has 1 aromatic heterocycles. The molecule has 0 atom stereocenters. The number of ether oxygens (including phenoxy) is 1. The van der Waals surface area contributed by atoms with Gasteiger partial charge in [0.25, 0.3) is 0 Å². The van der Waals surface area contributed by atoms with Crippen LogP contribution in [0.4, 0.5) is 17.6 Å². The smallest absolute Gasteiger partial charge is 0.376 e. The molecule has 1 aliphatic rings. The molecule has 0 unspecified atom stereocenters. The molecule has 32 heavy (non-hydrogen) atoms. The van der Waals surface area contributed by atoms with Crippen LogP contribution in [-0.4, -0.2) is 35.7 Å². The largest absolute Gasteiger partial charge is 0.408 e. The Morgan fingerprint density at radius 1 is 1.09 bits per heavy atom. The van der Waals surface area contributed by atoms with E-state index in [-0.39, 0.29) is 23.0 Å². The summed E-state index contributed by atoms with van der Waals surface area (Å²) < 4.78 is 58.8. The second-order valence-electron chi connectivity index (χ2n) is 8.05. The molecule has 1 fully saturated rings. The predicted molar refractivity (Wildman–Crippen MR) is 116 cm³/mol. The van der Waals surface area contributed by atoms with Crippen molar-refractivity contribution < 1.29 is 22.3 Å². The Kier molecular flexibility index (Phi) is 6.68. The number of nitrogens with one attached hydrogen (secondary N) is 1. The van der Waals surface area contributed by atoms with Crippen molar-refractivity contribution in [2.24, 2.45) is 0 Å². The average Bonchev–Trinajstić information content (AvgIpc) is 3.03. The Hall–Kier alpha value is -1.87. The molecule has 0 aliphatic carbocycles. The third-order valence-electron chi connectivity index (χ3n) is 5.81. The Morgan fingerprint density at radius 3 is 2.44 bits per heavy atom. The number of alkyl halides is 3. The lowest BCUT2D eigenvalue weighted by molar-refractivity contribution is -0.142. The molecule has 0 saturated carbocycles. The van der Waals surface area contributed by atoms with Gasteiger partial charge in [0.05, 0.1) is 18.7 Å². The minimum absolute atomic E-state index is 0.104.